The van der Waals surface area contributed by atoms with Gasteiger partial charge in [0.1, 0.15) is 12.9 Å². The number of fused-ring (bicyclic) bond motifs is 2. The van der Waals surface area contributed by atoms with Gasteiger partial charge in [0.05, 0.1) is 23.0 Å². The molecule has 31 heavy (non-hydrogen) atoms. The molecule has 0 aliphatic carbocycles. The van der Waals surface area contributed by atoms with E-state index in [1.54, 1.807) is 10.6 Å². The number of nitrogens with one attached hydrogen (secondary N) is 2. The highest BCUT2D eigenvalue weighted by atomic mass is 35.5. The summed E-state index contributed by atoms with van der Waals surface area (Å²) in [5.74, 6) is 1.81. The number of hydrogen-bond donors (Lipinski definition) is 2. The van der Waals surface area contributed by atoms with Gasteiger partial charge in [0.2, 0.25) is 5.75 Å². The Labute approximate surface area is 183 Å². The Kier molecular flexibility index (Phi) is 4.95. The highest BCUT2D eigenvalue weighted by Crippen LogP contribution is 2.34. The monoisotopic (exact) mass is 433 g/mol. The Bertz CT molecular complexity index is 1320. The minimum atomic E-state index is -0.263. The number of hydrogen-bond acceptors (Lipinski definition) is 6. The van der Waals surface area contributed by atoms with E-state index >= 15 is 0 Å². The molecule has 2 N–H and O–H groups in total. The van der Waals surface area contributed by atoms with Crippen LogP contribution in [0.4, 0.5) is 11.6 Å². The van der Waals surface area contributed by atoms with Gasteiger partial charge < -0.3 is 15.4 Å². The van der Waals surface area contributed by atoms with Gasteiger partial charge >= 0.3 is 0 Å². The predicted octanol–water partition coefficient (Wildman–Crippen LogP) is 4.41. The number of aromatic nitrogens is 3. The van der Waals surface area contributed by atoms with Crippen molar-refractivity contribution in [2.45, 2.75) is 13.0 Å². The number of para-hydroxylation sites is 1. The van der Waals surface area contributed by atoms with Crippen molar-refractivity contribution in [3.8, 4) is 11.4 Å². The summed E-state index contributed by atoms with van der Waals surface area (Å²) >= 11 is 6.39. The van der Waals surface area contributed by atoms with Crippen molar-refractivity contribution in [1.82, 2.24) is 14.5 Å². The minimum Gasteiger partial charge on any atom is -0.485 e. The lowest BCUT2D eigenvalue weighted by atomic mass is 10.1. The van der Waals surface area contributed by atoms with E-state index in [0.29, 0.717) is 40.9 Å². The molecule has 3 heterocycles. The van der Waals surface area contributed by atoms with E-state index in [4.69, 9.17) is 16.3 Å². The second kappa shape index (κ2) is 7.92. The first-order chi connectivity index (χ1) is 15.1. The smallest absolute Gasteiger partial charge is 0.264 e. The molecule has 1 atom stereocenters. The summed E-state index contributed by atoms with van der Waals surface area (Å²) in [6, 6.07) is 16.7. The average molecular weight is 434 g/mol. The van der Waals surface area contributed by atoms with Gasteiger partial charge in [-0.1, -0.05) is 41.9 Å². The molecule has 2 aromatic carbocycles. The summed E-state index contributed by atoms with van der Waals surface area (Å²) in [6.07, 6.45) is 1.49. The molecular weight excluding hydrogens is 414 g/mol. The van der Waals surface area contributed by atoms with Crippen molar-refractivity contribution >= 4 is 34.0 Å². The molecule has 156 valence electrons. The zero-order valence-electron chi connectivity index (χ0n) is 16.8. The maximum absolute atomic E-state index is 13.6. The molecule has 0 amide bonds. The van der Waals surface area contributed by atoms with Crippen LogP contribution in [-0.4, -0.2) is 27.7 Å². The average Bonchev–Trinajstić information content (AvgIpc) is 2.79. The SMILES string of the molecule is C[C@H](Nc1ncnc2c1OCCN2)c1cc2cccc(Cl)c2c(=O)n1-c1ccccc1. The van der Waals surface area contributed by atoms with Crippen molar-refractivity contribution in [2.24, 2.45) is 0 Å². The highest BCUT2D eigenvalue weighted by Gasteiger charge is 2.22. The maximum Gasteiger partial charge on any atom is 0.264 e. The zero-order chi connectivity index (χ0) is 21.4. The van der Waals surface area contributed by atoms with Crippen LogP contribution in [0.1, 0.15) is 18.7 Å². The molecule has 0 saturated carbocycles. The third-order valence-corrected chi connectivity index (χ3v) is 5.60. The lowest BCUT2D eigenvalue weighted by Gasteiger charge is -2.24. The molecule has 0 unspecified atom stereocenters. The molecular formula is C23H20ClN5O2. The molecule has 0 fully saturated rings. The summed E-state index contributed by atoms with van der Waals surface area (Å²) in [5, 5.41) is 8.32. The molecule has 4 aromatic rings. The molecule has 0 bridgehead atoms. The Morgan fingerprint density at radius 3 is 2.84 bits per heavy atom. The van der Waals surface area contributed by atoms with Gasteiger partial charge in [-0.2, -0.15) is 0 Å². The van der Waals surface area contributed by atoms with Crippen LogP contribution in [0.5, 0.6) is 5.75 Å². The van der Waals surface area contributed by atoms with Crippen LogP contribution in [0.3, 0.4) is 0 Å². The van der Waals surface area contributed by atoms with Crippen molar-refractivity contribution < 1.29 is 4.74 Å². The quantitative estimate of drug-likeness (QED) is 0.496. The molecule has 2 aromatic heterocycles. The number of pyridine rings is 1. The largest absolute Gasteiger partial charge is 0.485 e. The van der Waals surface area contributed by atoms with Crippen LogP contribution in [0.25, 0.3) is 16.5 Å². The van der Waals surface area contributed by atoms with Gasteiger partial charge in [-0.05, 0) is 36.6 Å². The first-order valence-corrected chi connectivity index (χ1v) is 10.4. The fraction of sp³-hybridized carbons (Fsp3) is 0.174. The van der Waals surface area contributed by atoms with Crippen molar-refractivity contribution in [3.05, 3.63) is 82.0 Å². The molecule has 5 rings (SSSR count). The van der Waals surface area contributed by atoms with Gasteiger partial charge in [0.15, 0.2) is 11.6 Å². The van der Waals surface area contributed by atoms with E-state index in [2.05, 4.69) is 20.6 Å². The van der Waals surface area contributed by atoms with Gasteiger partial charge in [0, 0.05) is 11.4 Å². The molecule has 0 saturated heterocycles. The van der Waals surface area contributed by atoms with Gasteiger partial charge in [-0.25, -0.2) is 9.97 Å². The summed E-state index contributed by atoms with van der Waals surface area (Å²) in [6.45, 7) is 3.21. The highest BCUT2D eigenvalue weighted by molar-refractivity contribution is 6.35. The molecule has 1 aliphatic rings. The first kappa shape index (κ1) is 19.4. The Morgan fingerprint density at radius 2 is 2.00 bits per heavy atom. The predicted molar refractivity (Wildman–Crippen MR) is 123 cm³/mol. The summed E-state index contributed by atoms with van der Waals surface area (Å²) in [7, 11) is 0. The van der Waals surface area contributed by atoms with Crippen LogP contribution in [-0.2, 0) is 0 Å². The molecule has 7 nitrogen and oxygen atoms in total. The lowest BCUT2D eigenvalue weighted by Crippen LogP contribution is -2.26. The Balaban J connectivity index is 1.67. The zero-order valence-corrected chi connectivity index (χ0v) is 17.6. The van der Waals surface area contributed by atoms with E-state index in [0.717, 1.165) is 16.8 Å². The van der Waals surface area contributed by atoms with Gasteiger partial charge in [-0.3, -0.25) is 9.36 Å². The van der Waals surface area contributed by atoms with Crippen molar-refractivity contribution in [2.75, 3.05) is 23.8 Å². The Hall–Kier alpha value is -3.58. The number of ether oxygens (including phenoxy) is 1. The number of rotatable bonds is 4. The van der Waals surface area contributed by atoms with Crippen molar-refractivity contribution in [3.63, 3.8) is 0 Å². The molecule has 1 aliphatic heterocycles. The molecule has 0 spiro atoms. The fourth-order valence-corrected chi connectivity index (χ4v) is 4.11. The number of benzene rings is 2. The maximum atomic E-state index is 13.6. The topological polar surface area (TPSA) is 81.1 Å². The third kappa shape index (κ3) is 3.47. The van der Waals surface area contributed by atoms with E-state index in [9.17, 15) is 4.79 Å². The second-order valence-electron chi connectivity index (χ2n) is 7.29. The van der Waals surface area contributed by atoms with Gasteiger partial charge in [-0.15, -0.1) is 0 Å². The summed E-state index contributed by atoms with van der Waals surface area (Å²) < 4.78 is 7.47. The normalized spacial score (nSPS) is 13.7. The minimum absolute atomic E-state index is 0.166. The van der Waals surface area contributed by atoms with Crippen molar-refractivity contribution in [1.29, 1.82) is 0 Å². The fourth-order valence-electron chi connectivity index (χ4n) is 3.84. The van der Waals surface area contributed by atoms with E-state index in [1.807, 2.05) is 55.5 Å². The standard InChI is InChI=1S/C23H20ClN5O2/c1-14(28-22-20-21(26-13-27-22)25-10-11-31-20)18-12-15-6-5-9-17(24)19(15)23(30)29(18)16-7-3-2-4-8-16/h2-9,12-14H,10-11H2,1H3,(H2,25,26,27,28)/t14-/m0/s1. The van der Waals surface area contributed by atoms with Crippen LogP contribution in [0.15, 0.2) is 65.7 Å². The van der Waals surface area contributed by atoms with Crippen LogP contribution in [0, 0.1) is 0 Å². The summed E-state index contributed by atoms with van der Waals surface area (Å²) in [4.78, 5) is 22.1. The lowest BCUT2D eigenvalue weighted by molar-refractivity contribution is 0.321. The van der Waals surface area contributed by atoms with E-state index in [-0.39, 0.29) is 11.6 Å². The summed E-state index contributed by atoms with van der Waals surface area (Å²) in [5.41, 5.74) is 1.38. The van der Waals surface area contributed by atoms with Crippen LogP contribution in [0.2, 0.25) is 5.02 Å². The number of nitrogens with zero attached hydrogens (tertiary/aromatic N) is 3. The van der Waals surface area contributed by atoms with E-state index in [1.165, 1.54) is 6.33 Å². The second-order valence-corrected chi connectivity index (χ2v) is 7.70. The number of anilines is 2. The van der Waals surface area contributed by atoms with Crippen LogP contribution < -0.4 is 20.9 Å². The molecule has 8 heteroatoms. The molecule has 0 radical (unpaired) electrons. The number of halogens is 1. The Morgan fingerprint density at radius 1 is 1.16 bits per heavy atom. The third-order valence-electron chi connectivity index (χ3n) is 5.28. The van der Waals surface area contributed by atoms with E-state index < -0.39 is 0 Å². The first-order valence-electron chi connectivity index (χ1n) is 10.0. The van der Waals surface area contributed by atoms with Gasteiger partial charge in [0.25, 0.3) is 5.56 Å². The van der Waals surface area contributed by atoms with Crippen LogP contribution >= 0.6 is 11.6 Å².